The molecule has 1 aliphatic rings. The van der Waals surface area contributed by atoms with E-state index in [9.17, 15) is 10.1 Å². The highest BCUT2D eigenvalue weighted by atomic mass is 32.2. The van der Waals surface area contributed by atoms with Gasteiger partial charge in [0.2, 0.25) is 0 Å². The molecule has 31 heavy (non-hydrogen) atoms. The zero-order valence-corrected chi connectivity index (χ0v) is 18.7. The molecule has 0 fully saturated rings. The number of methoxy groups -OCH3 is 2. The lowest BCUT2D eigenvalue weighted by atomic mass is 9.82. The molecule has 6 nitrogen and oxygen atoms in total. The van der Waals surface area contributed by atoms with E-state index in [1.54, 1.807) is 26.4 Å². The predicted molar refractivity (Wildman–Crippen MR) is 121 cm³/mol. The quantitative estimate of drug-likeness (QED) is 0.640. The minimum absolute atomic E-state index is 0.149. The van der Waals surface area contributed by atoms with Gasteiger partial charge in [-0.3, -0.25) is 0 Å². The van der Waals surface area contributed by atoms with E-state index >= 15 is 0 Å². The van der Waals surface area contributed by atoms with Gasteiger partial charge < -0.3 is 19.5 Å². The maximum atomic E-state index is 13.2. The van der Waals surface area contributed by atoms with Gasteiger partial charge in [0.15, 0.2) is 11.5 Å². The van der Waals surface area contributed by atoms with Crippen molar-refractivity contribution in [3.8, 4) is 17.6 Å². The van der Waals surface area contributed by atoms with Crippen LogP contribution in [0.1, 0.15) is 24.0 Å². The minimum atomic E-state index is -0.586. The van der Waals surface area contributed by atoms with Crippen LogP contribution in [-0.4, -0.2) is 26.4 Å². The molecule has 0 spiro atoms. The van der Waals surface area contributed by atoms with Crippen LogP contribution in [0.15, 0.2) is 70.4 Å². The fourth-order valence-corrected chi connectivity index (χ4v) is 4.15. The lowest BCUT2D eigenvalue weighted by molar-refractivity contribution is -0.140. The molecule has 0 radical (unpaired) electrons. The average molecular weight is 437 g/mol. The number of nitriles is 1. The Kier molecular flexibility index (Phi) is 7.27. The molecule has 0 saturated heterocycles. The number of allylic oxidation sites excluding steroid dienone is 2. The zero-order valence-electron chi connectivity index (χ0n) is 17.9. The van der Waals surface area contributed by atoms with Gasteiger partial charge in [0, 0.05) is 5.70 Å². The van der Waals surface area contributed by atoms with Crippen molar-refractivity contribution in [2.75, 3.05) is 20.5 Å². The summed E-state index contributed by atoms with van der Waals surface area (Å²) in [5.74, 6) is 0.0381. The Morgan fingerprint density at radius 3 is 2.45 bits per heavy atom. The van der Waals surface area contributed by atoms with E-state index in [1.165, 1.54) is 11.8 Å². The molecular formula is C24H24N2O4S. The number of carbonyl (C=O) groups excluding carboxylic acids is 1. The fourth-order valence-electron chi connectivity index (χ4n) is 3.51. The summed E-state index contributed by atoms with van der Waals surface area (Å²) in [5, 5.41) is 13.9. The van der Waals surface area contributed by atoms with Crippen molar-refractivity contribution in [1.82, 2.24) is 5.32 Å². The van der Waals surface area contributed by atoms with Gasteiger partial charge >= 0.3 is 5.97 Å². The van der Waals surface area contributed by atoms with Crippen LogP contribution in [0.25, 0.3) is 0 Å². The second-order valence-corrected chi connectivity index (χ2v) is 7.65. The van der Waals surface area contributed by atoms with Crippen LogP contribution in [-0.2, 0) is 16.1 Å². The van der Waals surface area contributed by atoms with Crippen molar-refractivity contribution in [3.05, 3.63) is 81.5 Å². The van der Waals surface area contributed by atoms with Gasteiger partial charge in [-0.25, -0.2) is 4.79 Å². The van der Waals surface area contributed by atoms with Crippen LogP contribution in [0.2, 0.25) is 0 Å². The predicted octanol–water partition coefficient (Wildman–Crippen LogP) is 4.51. The third kappa shape index (κ3) is 4.70. The molecule has 1 heterocycles. The van der Waals surface area contributed by atoms with E-state index in [2.05, 4.69) is 11.4 Å². The summed E-state index contributed by atoms with van der Waals surface area (Å²) in [6, 6.07) is 17.2. The molecule has 0 amide bonds. The van der Waals surface area contributed by atoms with Gasteiger partial charge in [-0.2, -0.15) is 5.26 Å². The highest BCUT2D eigenvalue weighted by molar-refractivity contribution is 8.02. The van der Waals surface area contributed by atoms with E-state index in [0.717, 1.165) is 11.1 Å². The number of ether oxygens (including phenoxy) is 3. The van der Waals surface area contributed by atoms with Crippen LogP contribution in [0.4, 0.5) is 0 Å². The van der Waals surface area contributed by atoms with Crippen molar-refractivity contribution >= 4 is 17.7 Å². The second kappa shape index (κ2) is 10.1. The van der Waals surface area contributed by atoms with E-state index in [4.69, 9.17) is 14.2 Å². The molecule has 0 aromatic heterocycles. The molecule has 1 unspecified atom stereocenters. The van der Waals surface area contributed by atoms with E-state index < -0.39 is 11.9 Å². The first-order chi connectivity index (χ1) is 15.0. The summed E-state index contributed by atoms with van der Waals surface area (Å²) in [4.78, 5) is 13.2. The summed E-state index contributed by atoms with van der Waals surface area (Å²) in [7, 11) is 3.11. The Labute approximate surface area is 186 Å². The third-order valence-electron chi connectivity index (χ3n) is 5.03. The highest BCUT2D eigenvalue weighted by Crippen LogP contribution is 2.42. The Hall–Kier alpha value is -3.37. The zero-order chi connectivity index (χ0) is 22.4. The van der Waals surface area contributed by atoms with Crippen molar-refractivity contribution < 1.29 is 19.0 Å². The van der Waals surface area contributed by atoms with Crippen molar-refractivity contribution in [2.45, 2.75) is 19.4 Å². The smallest absolute Gasteiger partial charge is 0.337 e. The van der Waals surface area contributed by atoms with Crippen molar-refractivity contribution in [3.63, 3.8) is 0 Å². The summed E-state index contributed by atoms with van der Waals surface area (Å²) >= 11 is 1.43. The maximum Gasteiger partial charge on any atom is 0.337 e. The first-order valence-corrected chi connectivity index (χ1v) is 10.9. The Morgan fingerprint density at radius 2 is 1.84 bits per heavy atom. The molecule has 0 aliphatic carbocycles. The Morgan fingerprint density at radius 1 is 1.13 bits per heavy atom. The second-order valence-electron chi connectivity index (χ2n) is 6.83. The molecule has 2 aromatic rings. The van der Waals surface area contributed by atoms with Gasteiger partial charge in [0.25, 0.3) is 0 Å². The number of nitrogens with zero attached hydrogens (tertiary/aromatic N) is 1. The number of thioether (sulfide) groups is 1. The molecule has 2 aromatic carbocycles. The monoisotopic (exact) mass is 436 g/mol. The summed E-state index contributed by atoms with van der Waals surface area (Å²) in [6.07, 6.45) is 1.89. The standard InChI is InChI=1S/C24H24N2O4S/c1-15-21(24(27)30-14-16-8-6-5-7-9-16)22(18(13-25)23(26-15)31-4)17-10-11-19(28-2)20(12-17)29-3/h5-12,22,26H,14H2,1-4H3. The fraction of sp³-hybridized carbons (Fsp3) is 0.250. The summed E-state index contributed by atoms with van der Waals surface area (Å²) in [6.45, 7) is 1.97. The Bertz CT molecular complexity index is 1070. The largest absolute Gasteiger partial charge is 0.493 e. The van der Waals surface area contributed by atoms with Crippen molar-refractivity contribution in [1.29, 1.82) is 5.26 Å². The molecule has 1 atom stereocenters. The molecule has 0 saturated carbocycles. The number of rotatable bonds is 7. The molecule has 3 rings (SSSR count). The SMILES string of the molecule is COc1ccc(C2C(C#N)=C(SC)NC(C)=C2C(=O)OCc2ccccc2)cc1OC. The summed E-state index contributed by atoms with van der Waals surface area (Å²) in [5.41, 5.74) is 3.14. The lowest BCUT2D eigenvalue weighted by Crippen LogP contribution is -2.28. The van der Waals surface area contributed by atoms with Gasteiger partial charge in [-0.15, -0.1) is 11.8 Å². The minimum Gasteiger partial charge on any atom is -0.493 e. The van der Waals surface area contributed by atoms with E-state index in [1.807, 2.05) is 49.6 Å². The molecule has 0 bridgehead atoms. The highest BCUT2D eigenvalue weighted by Gasteiger charge is 2.35. The number of nitrogens with one attached hydrogen (secondary N) is 1. The van der Waals surface area contributed by atoms with Crippen molar-refractivity contribution in [2.24, 2.45) is 0 Å². The molecular weight excluding hydrogens is 412 g/mol. The molecule has 160 valence electrons. The van der Waals surface area contributed by atoms with Gasteiger partial charge in [-0.05, 0) is 36.4 Å². The van der Waals surface area contributed by atoms with Crippen LogP contribution in [0.3, 0.4) is 0 Å². The number of hydrogen-bond acceptors (Lipinski definition) is 7. The number of esters is 1. The number of benzene rings is 2. The number of dihydropyridines is 1. The average Bonchev–Trinajstić information content (AvgIpc) is 2.81. The topological polar surface area (TPSA) is 80.6 Å². The van der Waals surface area contributed by atoms with Gasteiger partial charge in [0.05, 0.1) is 42.4 Å². The third-order valence-corrected chi connectivity index (χ3v) is 5.76. The summed E-state index contributed by atoms with van der Waals surface area (Å²) < 4.78 is 16.4. The van der Waals surface area contributed by atoms with Gasteiger partial charge in [-0.1, -0.05) is 36.4 Å². The molecule has 1 N–H and O–H groups in total. The normalized spacial score (nSPS) is 15.8. The number of carbonyl (C=O) groups is 1. The molecule has 7 heteroatoms. The van der Waals surface area contributed by atoms with Crippen LogP contribution in [0.5, 0.6) is 11.5 Å². The Balaban J connectivity index is 2.03. The first kappa shape index (κ1) is 22.3. The molecule has 1 aliphatic heterocycles. The van der Waals surface area contributed by atoms with Crippen LogP contribution < -0.4 is 14.8 Å². The van der Waals surface area contributed by atoms with Crippen LogP contribution in [0, 0.1) is 11.3 Å². The lowest BCUT2D eigenvalue weighted by Gasteiger charge is -2.29. The van der Waals surface area contributed by atoms with Crippen LogP contribution >= 0.6 is 11.8 Å². The van der Waals surface area contributed by atoms with E-state index in [-0.39, 0.29) is 6.61 Å². The van der Waals surface area contributed by atoms with Gasteiger partial charge in [0.1, 0.15) is 6.61 Å². The van der Waals surface area contributed by atoms with E-state index in [0.29, 0.717) is 33.4 Å². The maximum absolute atomic E-state index is 13.2. The number of hydrogen-bond donors (Lipinski definition) is 1. The first-order valence-electron chi connectivity index (χ1n) is 9.63.